The summed E-state index contributed by atoms with van der Waals surface area (Å²) in [4.78, 5) is 38.9. The van der Waals surface area contributed by atoms with E-state index in [1.54, 1.807) is 67.4 Å². The van der Waals surface area contributed by atoms with Gasteiger partial charge in [-0.25, -0.2) is 9.18 Å². The molecule has 7 nitrogen and oxygen atoms in total. The SMILES string of the molecule is CN(CC(=O)NN1C(=O)N[C@](C)(c2ccccc2)C1=O)Cc1ccccc1F. The lowest BCUT2D eigenvalue weighted by atomic mass is 9.92. The molecule has 1 saturated heterocycles. The van der Waals surface area contributed by atoms with Crippen LogP contribution in [0, 0.1) is 5.82 Å². The van der Waals surface area contributed by atoms with Gasteiger partial charge < -0.3 is 5.32 Å². The predicted octanol–water partition coefficient (Wildman–Crippen LogP) is 1.76. The Kier molecular flexibility index (Phi) is 5.41. The van der Waals surface area contributed by atoms with Crippen LogP contribution in [0.3, 0.4) is 0 Å². The summed E-state index contributed by atoms with van der Waals surface area (Å²) in [5, 5.41) is 3.30. The summed E-state index contributed by atoms with van der Waals surface area (Å²) in [6.07, 6.45) is 0. The highest BCUT2D eigenvalue weighted by atomic mass is 19.1. The van der Waals surface area contributed by atoms with Crippen molar-refractivity contribution in [3.63, 3.8) is 0 Å². The number of hydrazine groups is 1. The molecule has 4 amide bonds. The summed E-state index contributed by atoms with van der Waals surface area (Å²) in [5.74, 6) is -1.49. The van der Waals surface area contributed by atoms with E-state index in [9.17, 15) is 18.8 Å². The van der Waals surface area contributed by atoms with Crippen molar-refractivity contribution in [2.75, 3.05) is 13.6 Å². The van der Waals surface area contributed by atoms with E-state index in [0.29, 0.717) is 16.1 Å². The second-order valence-corrected chi connectivity index (χ2v) is 6.86. The Morgan fingerprint density at radius 1 is 1.14 bits per heavy atom. The molecule has 146 valence electrons. The number of nitrogens with zero attached hydrogens (tertiary/aromatic N) is 2. The van der Waals surface area contributed by atoms with Gasteiger partial charge in [0, 0.05) is 12.1 Å². The van der Waals surface area contributed by atoms with Gasteiger partial charge in [0.25, 0.3) is 11.8 Å². The minimum absolute atomic E-state index is 0.118. The molecule has 3 rings (SSSR count). The molecule has 1 aliphatic rings. The number of imide groups is 1. The van der Waals surface area contributed by atoms with E-state index in [-0.39, 0.29) is 18.9 Å². The average molecular weight is 384 g/mol. The van der Waals surface area contributed by atoms with Crippen LogP contribution in [-0.4, -0.2) is 41.3 Å². The van der Waals surface area contributed by atoms with Crippen LogP contribution in [0.1, 0.15) is 18.1 Å². The van der Waals surface area contributed by atoms with Crippen molar-refractivity contribution in [2.45, 2.75) is 19.0 Å². The van der Waals surface area contributed by atoms with E-state index in [1.165, 1.54) is 6.07 Å². The molecule has 2 aromatic rings. The second kappa shape index (κ2) is 7.77. The molecule has 0 aromatic heterocycles. The number of carbonyl (C=O) groups is 3. The molecule has 0 spiro atoms. The van der Waals surface area contributed by atoms with E-state index in [0.717, 1.165) is 0 Å². The maximum absolute atomic E-state index is 13.7. The van der Waals surface area contributed by atoms with Crippen molar-refractivity contribution in [2.24, 2.45) is 0 Å². The smallest absolute Gasteiger partial charge is 0.318 e. The highest BCUT2D eigenvalue weighted by Crippen LogP contribution is 2.27. The van der Waals surface area contributed by atoms with Crippen molar-refractivity contribution in [1.29, 1.82) is 0 Å². The Bertz CT molecular complexity index is 905. The van der Waals surface area contributed by atoms with Gasteiger partial charge in [0.1, 0.15) is 11.4 Å². The van der Waals surface area contributed by atoms with Crippen molar-refractivity contribution >= 4 is 17.8 Å². The predicted molar refractivity (Wildman–Crippen MR) is 100 cm³/mol. The highest BCUT2D eigenvalue weighted by molar-refractivity contribution is 6.08. The molecule has 1 atom stereocenters. The van der Waals surface area contributed by atoms with Crippen molar-refractivity contribution in [1.82, 2.24) is 20.7 Å². The van der Waals surface area contributed by atoms with Gasteiger partial charge in [-0.3, -0.25) is 19.9 Å². The molecule has 0 aliphatic carbocycles. The van der Waals surface area contributed by atoms with E-state index in [4.69, 9.17) is 0 Å². The second-order valence-electron chi connectivity index (χ2n) is 6.86. The van der Waals surface area contributed by atoms with Crippen molar-refractivity contribution < 1.29 is 18.8 Å². The molecule has 1 fully saturated rings. The first-order chi connectivity index (χ1) is 13.3. The molecular weight excluding hydrogens is 363 g/mol. The average Bonchev–Trinajstić information content (AvgIpc) is 2.88. The maximum atomic E-state index is 13.7. The normalized spacial score (nSPS) is 19.1. The summed E-state index contributed by atoms with van der Waals surface area (Å²) in [6.45, 7) is 1.68. The quantitative estimate of drug-likeness (QED) is 0.744. The van der Waals surface area contributed by atoms with Gasteiger partial charge in [-0.15, -0.1) is 0 Å². The Hall–Kier alpha value is -3.26. The number of amides is 4. The van der Waals surface area contributed by atoms with Crippen LogP contribution >= 0.6 is 0 Å². The molecular formula is C20H21FN4O3. The first kappa shape index (κ1) is 19.5. The van der Waals surface area contributed by atoms with Crippen LogP contribution in [0.4, 0.5) is 9.18 Å². The van der Waals surface area contributed by atoms with Gasteiger partial charge in [-0.2, -0.15) is 5.01 Å². The Balaban J connectivity index is 1.63. The first-order valence-electron chi connectivity index (χ1n) is 8.75. The Labute approximate surface area is 162 Å². The minimum Gasteiger partial charge on any atom is -0.318 e. The van der Waals surface area contributed by atoms with Crippen LogP contribution in [0.2, 0.25) is 0 Å². The van der Waals surface area contributed by atoms with E-state index >= 15 is 0 Å². The highest BCUT2D eigenvalue weighted by Gasteiger charge is 2.49. The van der Waals surface area contributed by atoms with Crippen LogP contribution < -0.4 is 10.7 Å². The standard InChI is InChI=1S/C20H21FN4O3/c1-20(15-9-4-3-5-10-15)18(27)25(19(28)22-20)23-17(26)13-24(2)12-14-8-6-7-11-16(14)21/h3-11H,12-13H2,1-2H3,(H,22,28)(H,23,26)/t20-/m1/s1. The summed E-state index contributed by atoms with van der Waals surface area (Å²) < 4.78 is 13.7. The van der Waals surface area contributed by atoms with Crippen LogP contribution in [0.5, 0.6) is 0 Å². The van der Waals surface area contributed by atoms with Gasteiger partial charge in [0.2, 0.25) is 0 Å². The number of halogens is 1. The zero-order chi connectivity index (χ0) is 20.3. The largest absolute Gasteiger partial charge is 0.344 e. The zero-order valence-electron chi connectivity index (χ0n) is 15.6. The lowest BCUT2D eigenvalue weighted by Crippen LogP contribution is -2.50. The number of nitrogens with one attached hydrogen (secondary N) is 2. The maximum Gasteiger partial charge on any atom is 0.344 e. The van der Waals surface area contributed by atoms with Crippen LogP contribution in [0.25, 0.3) is 0 Å². The zero-order valence-corrected chi connectivity index (χ0v) is 15.6. The molecule has 8 heteroatoms. The van der Waals surface area contributed by atoms with Gasteiger partial charge in [0.15, 0.2) is 0 Å². The molecule has 0 unspecified atom stereocenters. The van der Waals surface area contributed by atoms with Crippen LogP contribution in [-0.2, 0) is 21.7 Å². The van der Waals surface area contributed by atoms with Crippen LogP contribution in [0.15, 0.2) is 54.6 Å². The third-order valence-corrected chi connectivity index (χ3v) is 4.59. The molecule has 2 aromatic carbocycles. The molecule has 0 bridgehead atoms. The minimum atomic E-state index is -1.26. The molecule has 28 heavy (non-hydrogen) atoms. The summed E-state index contributed by atoms with van der Waals surface area (Å²) in [7, 11) is 1.64. The van der Waals surface area contributed by atoms with Crippen molar-refractivity contribution in [3.8, 4) is 0 Å². The summed E-state index contributed by atoms with van der Waals surface area (Å²) in [6, 6.07) is 14.4. The number of likely N-dealkylation sites (N-methyl/N-ethyl adjacent to an activating group) is 1. The van der Waals surface area contributed by atoms with E-state index < -0.39 is 23.4 Å². The molecule has 0 radical (unpaired) electrons. The number of hydrogen-bond acceptors (Lipinski definition) is 4. The Morgan fingerprint density at radius 2 is 1.79 bits per heavy atom. The lowest BCUT2D eigenvalue weighted by molar-refractivity contribution is -0.139. The van der Waals surface area contributed by atoms with Gasteiger partial charge in [-0.05, 0) is 25.6 Å². The Morgan fingerprint density at radius 3 is 2.46 bits per heavy atom. The summed E-state index contributed by atoms with van der Waals surface area (Å²) in [5.41, 5.74) is 2.13. The number of rotatable bonds is 6. The first-order valence-corrected chi connectivity index (χ1v) is 8.75. The molecule has 0 saturated carbocycles. The third-order valence-electron chi connectivity index (χ3n) is 4.59. The number of urea groups is 1. The fourth-order valence-electron chi connectivity index (χ4n) is 3.09. The van der Waals surface area contributed by atoms with Gasteiger partial charge >= 0.3 is 6.03 Å². The fraction of sp³-hybridized carbons (Fsp3) is 0.250. The van der Waals surface area contributed by atoms with Gasteiger partial charge in [0.05, 0.1) is 6.54 Å². The topological polar surface area (TPSA) is 81.8 Å². The van der Waals surface area contributed by atoms with Gasteiger partial charge in [-0.1, -0.05) is 48.5 Å². The fourth-order valence-corrected chi connectivity index (χ4v) is 3.09. The summed E-state index contributed by atoms with van der Waals surface area (Å²) >= 11 is 0. The van der Waals surface area contributed by atoms with E-state index in [1.807, 2.05) is 0 Å². The van der Waals surface area contributed by atoms with Crippen molar-refractivity contribution in [3.05, 3.63) is 71.5 Å². The lowest BCUT2D eigenvalue weighted by Gasteiger charge is -2.22. The third kappa shape index (κ3) is 3.86. The number of benzene rings is 2. The molecule has 1 heterocycles. The van der Waals surface area contributed by atoms with E-state index in [2.05, 4.69) is 10.7 Å². The monoisotopic (exact) mass is 384 g/mol. The number of hydrogen-bond donors (Lipinski definition) is 2. The molecule has 2 N–H and O–H groups in total. The number of carbonyl (C=O) groups excluding carboxylic acids is 3. The molecule has 1 aliphatic heterocycles.